The molecule has 0 aliphatic carbocycles. The number of hydrogen-bond donors (Lipinski definition) is 4. The SMILES string of the molecule is CCCCc1ccc(CNCC(NC(=O)CNC(=O)c2cccc(C(F)(F)F)c2)C(=O)NC(C)(C)C)cc1. The van der Waals surface area contributed by atoms with Crippen molar-refractivity contribution in [3.05, 3.63) is 70.8 Å². The lowest BCUT2D eigenvalue weighted by Gasteiger charge is -2.26. The van der Waals surface area contributed by atoms with Gasteiger partial charge < -0.3 is 21.3 Å². The molecule has 3 amide bonds. The molecule has 0 fully saturated rings. The van der Waals surface area contributed by atoms with Crippen LogP contribution in [0.3, 0.4) is 0 Å². The second kappa shape index (κ2) is 13.9. The van der Waals surface area contributed by atoms with Crippen molar-refractivity contribution in [2.45, 2.75) is 71.3 Å². The number of aryl methyl sites for hydroxylation is 1. The Balaban J connectivity index is 1.95. The molecule has 208 valence electrons. The Labute approximate surface area is 222 Å². The van der Waals surface area contributed by atoms with Crippen molar-refractivity contribution < 1.29 is 27.6 Å². The van der Waals surface area contributed by atoms with Crippen LogP contribution in [0.25, 0.3) is 0 Å². The Morgan fingerprint density at radius 2 is 1.61 bits per heavy atom. The summed E-state index contributed by atoms with van der Waals surface area (Å²) < 4.78 is 38.7. The van der Waals surface area contributed by atoms with E-state index in [1.165, 1.54) is 11.6 Å². The molecule has 0 aromatic heterocycles. The van der Waals surface area contributed by atoms with E-state index < -0.39 is 47.6 Å². The van der Waals surface area contributed by atoms with Crippen LogP contribution in [0.1, 0.15) is 67.6 Å². The second-order valence-corrected chi connectivity index (χ2v) is 10.2. The largest absolute Gasteiger partial charge is 0.416 e. The first-order chi connectivity index (χ1) is 17.8. The first-order valence-electron chi connectivity index (χ1n) is 12.6. The zero-order valence-electron chi connectivity index (χ0n) is 22.3. The summed E-state index contributed by atoms with van der Waals surface area (Å²) in [5, 5.41) is 10.9. The van der Waals surface area contributed by atoms with Gasteiger partial charge in [0.05, 0.1) is 12.1 Å². The molecule has 0 saturated carbocycles. The highest BCUT2D eigenvalue weighted by Crippen LogP contribution is 2.29. The van der Waals surface area contributed by atoms with Crippen LogP contribution in [-0.2, 0) is 28.7 Å². The van der Waals surface area contributed by atoms with Gasteiger partial charge in [-0.15, -0.1) is 0 Å². The molecule has 0 radical (unpaired) electrons. The maximum atomic E-state index is 12.9. The van der Waals surface area contributed by atoms with Gasteiger partial charge in [0.15, 0.2) is 0 Å². The number of carbonyl (C=O) groups excluding carboxylic acids is 3. The van der Waals surface area contributed by atoms with Crippen LogP contribution in [0.5, 0.6) is 0 Å². The Hall–Kier alpha value is -3.40. The maximum absolute atomic E-state index is 12.9. The smallest absolute Gasteiger partial charge is 0.350 e. The van der Waals surface area contributed by atoms with Gasteiger partial charge in [0.1, 0.15) is 6.04 Å². The van der Waals surface area contributed by atoms with Gasteiger partial charge in [0.25, 0.3) is 5.91 Å². The van der Waals surface area contributed by atoms with Crippen LogP contribution in [0.4, 0.5) is 13.2 Å². The van der Waals surface area contributed by atoms with Crippen LogP contribution >= 0.6 is 0 Å². The molecule has 0 spiro atoms. The molecule has 0 bridgehead atoms. The van der Waals surface area contributed by atoms with Crippen LogP contribution in [0, 0.1) is 0 Å². The zero-order valence-corrected chi connectivity index (χ0v) is 22.3. The number of rotatable bonds is 12. The molecule has 2 rings (SSSR count). The van der Waals surface area contributed by atoms with Gasteiger partial charge in [-0.05, 0) is 62.9 Å². The van der Waals surface area contributed by atoms with Gasteiger partial charge in [0.2, 0.25) is 11.8 Å². The van der Waals surface area contributed by atoms with Crippen molar-refractivity contribution in [2.75, 3.05) is 13.1 Å². The standard InChI is InChI=1S/C28H37F3N4O3/c1-5-6-8-19-11-13-20(14-12-19)16-32-17-23(26(38)35-27(2,3)4)34-24(36)18-33-25(37)21-9-7-10-22(15-21)28(29,30)31/h7,9-15,23,32H,5-6,8,16-18H2,1-4H3,(H,33,37)(H,34,36)(H,35,38). The van der Waals surface area contributed by atoms with E-state index in [-0.39, 0.29) is 12.1 Å². The zero-order chi connectivity index (χ0) is 28.3. The fourth-order valence-corrected chi connectivity index (χ4v) is 3.58. The second-order valence-electron chi connectivity index (χ2n) is 10.2. The third-order valence-electron chi connectivity index (χ3n) is 5.53. The molecule has 2 aromatic rings. The highest BCUT2D eigenvalue weighted by Gasteiger charge is 2.31. The highest BCUT2D eigenvalue weighted by atomic mass is 19.4. The predicted octanol–water partition coefficient (Wildman–Crippen LogP) is 3.97. The third-order valence-corrected chi connectivity index (χ3v) is 5.53. The first-order valence-corrected chi connectivity index (χ1v) is 12.6. The number of carbonyl (C=O) groups is 3. The van der Waals surface area contributed by atoms with Crippen LogP contribution in [0.15, 0.2) is 48.5 Å². The number of halogens is 3. The number of benzene rings is 2. The maximum Gasteiger partial charge on any atom is 0.416 e. The summed E-state index contributed by atoms with van der Waals surface area (Å²) in [6, 6.07) is 11.2. The van der Waals surface area contributed by atoms with Crippen molar-refractivity contribution in [2.24, 2.45) is 0 Å². The van der Waals surface area contributed by atoms with Crippen LogP contribution in [0.2, 0.25) is 0 Å². The molecule has 7 nitrogen and oxygen atoms in total. The average molecular weight is 535 g/mol. The molecule has 0 aliphatic rings. The minimum atomic E-state index is -4.59. The van der Waals surface area contributed by atoms with Crippen molar-refractivity contribution in [3.8, 4) is 0 Å². The molecule has 4 N–H and O–H groups in total. The van der Waals surface area contributed by atoms with Gasteiger partial charge >= 0.3 is 6.18 Å². The number of amides is 3. The summed E-state index contributed by atoms with van der Waals surface area (Å²) in [5.41, 5.74) is 0.566. The molecule has 38 heavy (non-hydrogen) atoms. The quantitative estimate of drug-likeness (QED) is 0.331. The topological polar surface area (TPSA) is 99.3 Å². The molecule has 0 heterocycles. The lowest BCUT2D eigenvalue weighted by Crippen LogP contribution is -2.56. The molecular formula is C28H37F3N4O3. The first kappa shape index (κ1) is 30.8. The third kappa shape index (κ3) is 10.9. The number of unbranched alkanes of at least 4 members (excludes halogenated alkanes) is 1. The monoisotopic (exact) mass is 534 g/mol. The minimum absolute atomic E-state index is 0.132. The highest BCUT2D eigenvalue weighted by molar-refractivity contribution is 5.97. The molecule has 0 saturated heterocycles. The number of alkyl halides is 3. The molecular weight excluding hydrogens is 497 g/mol. The molecule has 10 heteroatoms. The van der Waals surface area contributed by atoms with E-state index in [4.69, 9.17) is 0 Å². The normalized spacial score (nSPS) is 12.5. The van der Waals surface area contributed by atoms with E-state index in [9.17, 15) is 27.6 Å². The summed E-state index contributed by atoms with van der Waals surface area (Å²) in [5.74, 6) is -1.89. The van der Waals surface area contributed by atoms with Crippen molar-refractivity contribution >= 4 is 17.7 Å². The van der Waals surface area contributed by atoms with E-state index in [2.05, 4.69) is 40.3 Å². The van der Waals surface area contributed by atoms with Crippen molar-refractivity contribution in [1.29, 1.82) is 0 Å². The fraction of sp³-hybridized carbons (Fsp3) is 0.464. The number of hydrogen-bond acceptors (Lipinski definition) is 4. The fourth-order valence-electron chi connectivity index (χ4n) is 3.58. The van der Waals surface area contributed by atoms with Gasteiger partial charge in [0, 0.05) is 24.2 Å². The summed E-state index contributed by atoms with van der Waals surface area (Å²) in [6.07, 6.45) is -1.31. The van der Waals surface area contributed by atoms with Gasteiger partial charge in [-0.3, -0.25) is 14.4 Å². The lowest BCUT2D eigenvalue weighted by atomic mass is 10.1. The Morgan fingerprint density at radius 1 is 0.947 bits per heavy atom. The Morgan fingerprint density at radius 3 is 2.21 bits per heavy atom. The molecule has 1 unspecified atom stereocenters. The Bertz CT molecular complexity index is 1080. The van der Waals surface area contributed by atoms with Gasteiger partial charge in [-0.1, -0.05) is 43.7 Å². The van der Waals surface area contributed by atoms with Crippen molar-refractivity contribution in [1.82, 2.24) is 21.3 Å². The van der Waals surface area contributed by atoms with Crippen LogP contribution in [-0.4, -0.2) is 42.4 Å². The van der Waals surface area contributed by atoms with Gasteiger partial charge in [-0.25, -0.2) is 0 Å². The van der Waals surface area contributed by atoms with E-state index in [0.29, 0.717) is 12.6 Å². The molecule has 2 aromatic carbocycles. The minimum Gasteiger partial charge on any atom is -0.350 e. The van der Waals surface area contributed by atoms with Gasteiger partial charge in [-0.2, -0.15) is 13.2 Å². The van der Waals surface area contributed by atoms with E-state index >= 15 is 0 Å². The summed E-state index contributed by atoms with van der Waals surface area (Å²) in [6.45, 7) is 7.69. The van der Waals surface area contributed by atoms with Crippen molar-refractivity contribution in [3.63, 3.8) is 0 Å². The van der Waals surface area contributed by atoms with E-state index in [1.807, 2.05) is 32.9 Å². The average Bonchev–Trinajstić information content (AvgIpc) is 2.84. The number of nitrogens with one attached hydrogen (secondary N) is 4. The lowest BCUT2D eigenvalue weighted by molar-refractivity contribution is -0.137. The summed E-state index contributed by atoms with van der Waals surface area (Å²) in [4.78, 5) is 37.6. The van der Waals surface area contributed by atoms with E-state index in [1.54, 1.807) is 0 Å². The molecule has 0 aliphatic heterocycles. The summed E-state index contributed by atoms with van der Waals surface area (Å²) >= 11 is 0. The summed E-state index contributed by atoms with van der Waals surface area (Å²) in [7, 11) is 0. The van der Waals surface area contributed by atoms with Crippen LogP contribution < -0.4 is 21.3 Å². The predicted molar refractivity (Wildman–Crippen MR) is 140 cm³/mol. The molecule has 1 atom stereocenters. The Kier molecular flexibility index (Phi) is 11.3. The van der Waals surface area contributed by atoms with E-state index in [0.717, 1.165) is 37.0 Å².